The van der Waals surface area contributed by atoms with Gasteiger partial charge in [0, 0.05) is 22.6 Å². The summed E-state index contributed by atoms with van der Waals surface area (Å²) < 4.78 is 21.7. The molecule has 1 fully saturated rings. The Kier molecular flexibility index (Phi) is 5.13. The number of carbonyl (C=O) groups excluding carboxylic acids is 2. The highest BCUT2D eigenvalue weighted by Gasteiger charge is 2.46. The maximum absolute atomic E-state index is 15.0. The summed E-state index contributed by atoms with van der Waals surface area (Å²) in [6.45, 7) is 3.30. The molecule has 1 aromatic carbocycles. The second-order valence-corrected chi connectivity index (χ2v) is 11.2. The second kappa shape index (κ2) is 8.19. The summed E-state index contributed by atoms with van der Waals surface area (Å²) in [7, 11) is 0. The van der Waals surface area contributed by atoms with Crippen LogP contribution in [0.1, 0.15) is 72.0 Å². The average Bonchev–Trinajstić information content (AvgIpc) is 3.71. The quantitative estimate of drug-likeness (QED) is 0.344. The third-order valence-corrected chi connectivity index (χ3v) is 9.03. The number of nitrogens with one attached hydrogen (secondary N) is 1. The van der Waals surface area contributed by atoms with Crippen LogP contribution in [-0.2, 0) is 39.5 Å². The number of cyclic esters (lactones) is 1. The summed E-state index contributed by atoms with van der Waals surface area (Å²) in [4.78, 5) is 44.0. The number of ether oxygens (including phenoxy) is 1. The highest BCUT2D eigenvalue weighted by molar-refractivity contribution is 5.94. The molecular formula is C29H28FN3O6. The van der Waals surface area contributed by atoms with Crippen molar-refractivity contribution in [1.29, 1.82) is 0 Å². The van der Waals surface area contributed by atoms with Crippen molar-refractivity contribution < 1.29 is 28.9 Å². The normalized spacial score (nSPS) is 23.6. The predicted octanol–water partition coefficient (Wildman–Crippen LogP) is 2.40. The van der Waals surface area contributed by atoms with Gasteiger partial charge in [-0.2, -0.15) is 0 Å². The van der Waals surface area contributed by atoms with Crippen LogP contribution in [0.5, 0.6) is 0 Å². The maximum atomic E-state index is 15.0. The Labute approximate surface area is 222 Å². The smallest absolute Gasteiger partial charge is 0.343 e. The van der Waals surface area contributed by atoms with Crippen LogP contribution in [0.2, 0.25) is 0 Å². The fourth-order valence-corrected chi connectivity index (χ4v) is 6.58. The molecule has 1 amide bonds. The van der Waals surface area contributed by atoms with Gasteiger partial charge in [0.1, 0.15) is 18.5 Å². The van der Waals surface area contributed by atoms with Gasteiger partial charge in [0.15, 0.2) is 5.60 Å². The van der Waals surface area contributed by atoms with Gasteiger partial charge in [-0.1, -0.05) is 6.92 Å². The highest BCUT2D eigenvalue weighted by Crippen LogP contribution is 2.46. The summed E-state index contributed by atoms with van der Waals surface area (Å²) in [6.07, 6.45) is 1.61. The molecule has 4 aliphatic rings. The number of aliphatic hydroxyl groups is 2. The summed E-state index contributed by atoms with van der Waals surface area (Å²) in [5, 5.41) is 25.4. The van der Waals surface area contributed by atoms with E-state index in [1.807, 2.05) is 0 Å². The fraction of sp³-hybridized carbons (Fsp3) is 0.448. The Morgan fingerprint density at radius 2 is 2.03 bits per heavy atom. The Morgan fingerprint density at radius 1 is 1.26 bits per heavy atom. The van der Waals surface area contributed by atoms with E-state index in [9.17, 15) is 24.6 Å². The minimum atomic E-state index is -1.96. The first-order valence-corrected chi connectivity index (χ1v) is 13.4. The molecule has 202 valence electrons. The van der Waals surface area contributed by atoms with E-state index in [-0.39, 0.29) is 48.0 Å². The lowest BCUT2D eigenvalue weighted by Gasteiger charge is -2.31. The number of pyridine rings is 2. The number of aryl methyl sites for hydroxylation is 1. The maximum Gasteiger partial charge on any atom is 0.343 e. The first-order valence-electron chi connectivity index (χ1n) is 13.4. The number of benzene rings is 1. The number of nitrogens with zero attached hydrogens (tertiary/aromatic N) is 2. The van der Waals surface area contributed by atoms with Gasteiger partial charge in [0.05, 0.1) is 35.1 Å². The molecule has 4 heterocycles. The largest absolute Gasteiger partial charge is 0.458 e. The van der Waals surface area contributed by atoms with Crippen LogP contribution >= 0.6 is 0 Å². The van der Waals surface area contributed by atoms with Crippen LogP contribution < -0.4 is 10.9 Å². The van der Waals surface area contributed by atoms with Gasteiger partial charge in [0.25, 0.3) is 5.56 Å². The Balaban J connectivity index is 1.46. The van der Waals surface area contributed by atoms with Crippen molar-refractivity contribution in [2.45, 2.75) is 76.9 Å². The Morgan fingerprint density at radius 3 is 2.74 bits per heavy atom. The zero-order valence-corrected chi connectivity index (χ0v) is 21.6. The van der Waals surface area contributed by atoms with E-state index in [4.69, 9.17) is 9.72 Å². The minimum absolute atomic E-state index is 0.0241. The summed E-state index contributed by atoms with van der Waals surface area (Å²) >= 11 is 0. The van der Waals surface area contributed by atoms with Crippen LogP contribution in [0, 0.1) is 18.7 Å². The number of aromatic nitrogens is 2. The van der Waals surface area contributed by atoms with Gasteiger partial charge in [0.2, 0.25) is 5.91 Å². The predicted molar refractivity (Wildman–Crippen MR) is 137 cm³/mol. The molecule has 1 saturated carbocycles. The molecule has 3 atom stereocenters. The number of amides is 1. The molecule has 2 aliphatic carbocycles. The Hall–Kier alpha value is -3.63. The van der Waals surface area contributed by atoms with Crippen LogP contribution in [0.15, 0.2) is 16.9 Å². The Bertz CT molecular complexity index is 1690. The van der Waals surface area contributed by atoms with Gasteiger partial charge >= 0.3 is 5.97 Å². The molecular weight excluding hydrogens is 505 g/mol. The van der Waals surface area contributed by atoms with Crippen molar-refractivity contribution >= 4 is 22.8 Å². The van der Waals surface area contributed by atoms with Crippen molar-refractivity contribution in [3.63, 3.8) is 0 Å². The number of esters is 1. The number of aliphatic hydroxyl groups excluding tert-OH is 1. The standard InChI is InChI=1S/C29H28FN3O6/c1-3-29(38)17-8-21-24-15(10-33(21)27(36)16(17)11-39-28(29)37)23-19(32-26(35)25(34)13-4-5-13)7-6-14-12(2)18(30)9-20(31-24)22(14)23/h8-9,13,19,25,34,38H,3-7,10-11H2,1-2H3,(H,32,35)/t19-,25+,29+/m1/s1. The van der Waals surface area contributed by atoms with Gasteiger partial charge in [-0.05, 0) is 67.7 Å². The van der Waals surface area contributed by atoms with E-state index >= 15 is 4.39 Å². The fourth-order valence-electron chi connectivity index (χ4n) is 6.58. The lowest BCUT2D eigenvalue weighted by atomic mass is 9.81. The van der Waals surface area contributed by atoms with Gasteiger partial charge in [-0.3, -0.25) is 9.59 Å². The molecule has 10 heteroatoms. The lowest BCUT2D eigenvalue weighted by Crippen LogP contribution is -2.44. The first kappa shape index (κ1) is 24.4. The molecule has 0 radical (unpaired) electrons. The van der Waals surface area contributed by atoms with Crippen LogP contribution in [0.3, 0.4) is 0 Å². The highest BCUT2D eigenvalue weighted by atomic mass is 19.1. The number of rotatable bonds is 4. The molecule has 3 N–H and O–H groups in total. The second-order valence-electron chi connectivity index (χ2n) is 11.2. The average molecular weight is 534 g/mol. The molecule has 2 aromatic heterocycles. The van der Waals surface area contributed by atoms with Crippen molar-refractivity contribution in [2.24, 2.45) is 5.92 Å². The van der Waals surface area contributed by atoms with E-state index in [1.165, 1.54) is 10.6 Å². The van der Waals surface area contributed by atoms with E-state index in [1.54, 1.807) is 19.9 Å². The van der Waals surface area contributed by atoms with Gasteiger partial charge < -0.3 is 24.8 Å². The first-order chi connectivity index (χ1) is 18.6. The summed E-state index contributed by atoms with van der Waals surface area (Å²) in [6, 6.07) is 2.54. The zero-order chi connectivity index (χ0) is 27.4. The van der Waals surface area contributed by atoms with Crippen LogP contribution in [0.25, 0.3) is 22.3 Å². The minimum Gasteiger partial charge on any atom is -0.458 e. The zero-order valence-electron chi connectivity index (χ0n) is 21.6. The molecule has 0 spiro atoms. The van der Waals surface area contributed by atoms with Gasteiger partial charge in [-0.25, -0.2) is 14.2 Å². The third-order valence-electron chi connectivity index (χ3n) is 9.03. The van der Waals surface area contributed by atoms with Crippen molar-refractivity contribution in [1.82, 2.24) is 14.9 Å². The lowest BCUT2D eigenvalue weighted by molar-refractivity contribution is -0.172. The van der Waals surface area contributed by atoms with Crippen molar-refractivity contribution in [2.75, 3.05) is 0 Å². The molecule has 0 unspecified atom stereocenters. The number of carbonyl (C=O) groups is 2. The van der Waals surface area contributed by atoms with E-state index in [2.05, 4.69) is 5.32 Å². The molecule has 0 bridgehead atoms. The van der Waals surface area contributed by atoms with E-state index < -0.39 is 29.6 Å². The third kappa shape index (κ3) is 3.31. The van der Waals surface area contributed by atoms with E-state index in [0.29, 0.717) is 35.3 Å². The molecule has 39 heavy (non-hydrogen) atoms. The SMILES string of the molecule is CC[C@@]1(O)C(=O)OCc2c1cc1n(c2=O)Cc2c-1nc1cc(F)c(C)c3c1c2[C@H](NC(=O)[C@@H](O)C1CC1)CC3. The van der Waals surface area contributed by atoms with Crippen molar-refractivity contribution in [3.8, 4) is 11.4 Å². The molecule has 3 aromatic rings. The molecule has 9 nitrogen and oxygen atoms in total. The molecule has 2 aliphatic heterocycles. The van der Waals surface area contributed by atoms with Crippen LogP contribution in [-0.4, -0.2) is 37.7 Å². The molecule has 7 rings (SSSR count). The number of hydrogen-bond acceptors (Lipinski definition) is 7. The summed E-state index contributed by atoms with van der Waals surface area (Å²) in [5.41, 5.74) is 2.21. The van der Waals surface area contributed by atoms with Crippen molar-refractivity contribution in [3.05, 3.63) is 61.7 Å². The van der Waals surface area contributed by atoms with E-state index in [0.717, 1.165) is 34.9 Å². The summed E-state index contributed by atoms with van der Waals surface area (Å²) in [5.74, 6) is -1.65. The number of hydrogen-bond donors (Lipinski definition) is 3. The number of halogens is 1. The van der Waals surface area contributed by atoms with Gasteiger partial charge in [-0.15, -0.1) is 0 Å². The molecule has 0 saturated heterocycles. The van der Waals surface area contributed by atoms with Crippen LogP contribution in [0.4, 0.5) is 4.39 Å². The topological polar surface area (TPSA) is 131 Å². The number of fused-ring (bicyclic) bond motifs is 5. The monoisotopic (exact) mass is 533 g/mol.